The quantitative estimate of drug-likeness (QED) is 0.588. The Kier molecular flexibility index (Phi) is 5.71. The Hall–Kier alpha value is -2.09. The van der Waals surface area contributed by atoms with Gasteiger partial charge in [0.05, 0.1) is 29.1 Å². The third-order valence-electron chi connectivity index (χ3n) is 10.3. The van der Waals surface area contributed by atoms with Crippen LogP contribution in [0.15, 0.2) is 47.1 Å². The molecule has 1 aromatic carbocycles. The van der Waals surface area contributed by atoms with Crippen LogP contribution in [0.25, 0.3) is 11.0 Å². The summed E-state index contributed by atoms with van der Waals surface area (Å²) in [5.74, 6) is 0.650. The van der Waals surface area contributed by atoms with Crippen molar-refractivity contribution in [3.63, 3.8) is 0 Å². The number of para-hydroxylation sites is 2. The number of hydrogen-bond donors (Lipinski definition) is 2. The maximum Gasteiger partial charge on any atom is 0.175 e. The Bertz CT molecular complexity index is 1280. The van der Waals surface area contributed by atoms with Gasteiger partial charge in [0.1, 0.15) is 10.6 Å². The number of thioether (sulfide) groups is 1. The van der Waals surface area contributed by atoms with Crippen LogP contribution in [0.2, 0.25) is 0 Å². The van der Waals surface area contributed by atoms with Gasteiger partial charge in [0, 0.05) is 11.8 Å². The van der Waals surface area contributed by atoms with Gasteiger partial charge < -0.3 is 10.2 Å². The second-order valence-electron chi connectivity index (χ2n) is 11.9. The topological polar surface area (TPSA) is 100 Å². The highest BCUT2D eigenvalue weighted by molar-refractivity contribution is 7.99. The van der Waals surface area contributed by atoms with Gasteiger partial charge in [-0.15, -0.1) is 0 Å². The predicted octanol–water partition coefficient (Wildman–Crippen LogP) is 4.52. The number of benzene rings is 1. The molecule has 1 heterocycles. The average Bonchev–Trinajstić information content (AvgIpc) is 3.13. The monoisotopic (exact) mass is 506 g/mol. The Labute approximate surface area is 216 Å². The van der Waals surface area contributed by atoms with Crippen molar-refractivity contribution in [3.05, 3.63) is 42.1 Å². The second-order valence-corrected chi connectivity index (χ2v) is 12.9. The van der Waals surface area contributed by atoms with Gasteiger partial charge in [0.2, 0.25) is 0 Å². The van der Waals surface area contributed by atoms with Crippen LogP contribution in [-0.2, 0) is 9.59 Å². The largest absolute Gasteiger partial charge is 0.393 e. The van der Waals surface area contributed by atoms with E-state index in [0.717, 1.165) is 36.7 Å². The molecule has 0 amide bonds. The molecule has 0 aliphatic heterocycles. The number of ketones is 2. The lowest BCUT2D eigenvalue weighted by Crippen LogP contribution is -2.61. The maximum absolute atomic E-state index is 13.6. The number of allylic oxidation sites excluding steroid dienone is 1. The lowest BCUT2D eigenvalue weighted by Gasteiger charge is -2.60. The summed E-state index contributed by atoms with van der Waals surface area (Å²) in [5.41, 5.74) is 0.493. The number of rotatable bonds is 4. The zero-order chi connectivity index (χ0) is 25.3. The maximum atomic E-state index is 13.6. The molecule has 0 saturated heterocycles. The standard InChI is InChI=1S/C29H34N2O4S/c1-27-11-9-18(32)13-17(27)7-8-19-20-10-12-29(35,28(20,2)14-23(33)26(19)27)24(34)16-36-25-15-30-21-5-3-4-6-22(21)31-25/h3-6,13,15,19-20,23,26,33,35H,7-12,14,16H2,1-2H3/t19?,20?,23?,26?,27?,28?,29-/m0/s1. The molecule has 0 radical (unpaired) electrons. The molecule has 7 atom stereocenters. The molecule has 6 unspecified atom stereocenters. The van der Waals surface area contributed by atoms with E-state index in [1.54, 1.807) is 6.20 Å². The minimum absolute atomic E-state index is 0.0726. The Morgan fingerprint density at radius 1 is 1.14 bits per heavy atom. The van der Waals surface area contributed by atoms with Crippen molar-refractivity contribution in [1.82, 2.24) is 9.97 Å². The summed E-state index contributed by atoms with van der Waals surface area (Å²) < 4.78 is 0. The number of fused-ring (bicyclic) bond motifs is 6. The van der Waals surface area contributed by atoms with E-state index in [1.807, 2.05) is 37.3 Å². The third kappa shape index (κ3) is 3.46. The molecule has 3 fully saturated rings. The van der Waals surface area contributed by atoms with Crippen LogP contribution in [0.5, 0.6) is 0 Å². The van der Waals surface area contributed by atoms with Crippen molar-refractivity contribution in [3.8, 4) is 0 Å². The zero-order valence-corrected chi connectivity index (χ0v) is 21.8. The fraction of sp³-hybridized carbons (Fsp3) is 0.586. The van der Waals surface area contributed by atoms with E-state index in [1.165, 1.54) is 17.3 Å². The van der Waals surface area contributed by atoms with Crippen molar-refractivity contribution in [2.24, 2.45) is 28.6 Å². The molecule has 7 heteroatoms. The van der Waals surface area contributed by atoms with E-state index >= 15 is 0 Å². The molecule has 6 nitrogen and oxygen atoms in total. The molecule has 3 saturated carbocycles. The van der Waals surface area contributed by atoms with Crippen LogP contribution in [0.3, 0.4) is 0 Å². The van der Waals surface area contributed by atoms with Crippen molar-refractivity contribution >= 4 is 34.4 Å². The number of aliphatic hydroxyl groups is 2. The highest BCUT2D eigenvalue weighted by Crippen LogP contribution is 2.67. The van der Waals surface area contributed by atoms with Crippen LogP contribution in [0, 0.1) is 28.6 Å². The average molecular weight is 507 g/mol. The first kappa shape index (κ1) is 24.3. The van der Waals surface area contributed by atoms with Gasteiger partial charge in [-0.25, -0.2) is 4.98 Å². The third-order valence-corrected chi connectivity index (χ3v) is 11.2. The van der Waals surface area contributed by atoms with Crippen LogP contribution in [-0.4, -0.2) is 49.2 Å². The number of aromatic nitrogens is 2. The molecule has 190 valence electrons. The molecule has 36 heavy (non-hydrogen) atoms. The Balaban J connectivity index is 1.23. The number of carbonyl (C=O) groups is 2. The summed E-state index contributed by atoms with van der Waals surface area (Å²) in [6, 6.07) is 7.63. The van der Waals surface area contributed by atoms with Gasteiger partial charge in [0.15, 0.2) is 11.6 Å². The summed E-state index contributed by atoms with van der Waals surface area (Å²) >= 11 is 1.32. The number of Topliss-reactive ketones (excluding diaryl/α,β-unsaturated/α-hetero) is 1. The number of nitrogens with zero attached hydrogens (tertiary/aromatic N) is 2. The van der Waals surface area contributed by atoms with Crippen LogP contribution < -0.4 is 0 Å². The zero-order valence-electron chi connectivity index (χ0n) is 20.9. The highest BCUT2D eigenvalue weighted by Gasteiger charge is 2.68. The first-order valence-corrected chi connectivity index (χ1v) is 14.2. The van der Waals surface area contributed by atoms with Gasteiger partial charge in [-0.3, -0.25) is 14.6 Å². The molecule has 0 spiro atoms. The van der Waals surface area contributed by atoms with E-state index in [0.29, 0.717) is 24.3 Å². The number of hydrogen-bond acceptors (Lipinski definition) is 7. The van der Waals surface area contributed by atoms with Crippen molar-refractivity contribution in [1.29, 1.82) is 0 Å². The molecule has 4 aliphatic carbocycles. The molecule has 4 aliphatic rings. The van der Waals surface area contributed by atoms with Crippen LogP contribution >= 0.6 is 11.8 Å². The molecular weight excluding hydrogens is 472 g/mol. The van der Waals surface area contributed by atoms with Gasteiger partial charge >= 0.3 is 0 Å². The molecule has 0 bridgehead atoms. The molecule has 1 aromatic heterocycles. The van der Waals surface area contributed by atoms with Gasteiger partial charge in [-0.1, -0.05) is 43.3 Å². The fourth-order valence-corrected chi connectivity index (χ4v) is 9.23. The highest BCUT2D eigenvalue weighted by atomic mass is 32.2. The lowest BCUT2D eigenvalue weighted by atomic mass is 9.45. The summed E-state index contributed by atoms with van der Waals surface area (Å²) in [4.78, 5) is 34.8. The molecule has 2 aromatic rings. The molecular formula is C29H34N2O4S. The Morgan fingerprint density at radius 2 is 1.92 bits per heavy atom. The van der Waals surface area contributed by atoms with Crippen LogP contribution in [0.4, 0.5) is 0 Å². The second kappa shape index (κ2) is 8.47. The summed E-state index contributed by atoms with van der Waals surface area (Å²) in [6.07, 6.45) is 7.65. The first-order valence-electron chi connectivity index (χ1n) is 13.2. The van der Waals surface area contributed by atoms with E-state index in [4.69, 9.17) is 0 Å². The molecule has 2 N–H and O–H groups in total. The van der Waals surface area contributed by atoms with Crippen molar-refractivity contribution < 1.29 is 19.8 Å². The van der Waals surface area contributed by atoms with Crippen molar-refractivity contribution in [2.75, 3.05) is 5.75 Å². The Morgan fingerprint density at radius 3 is 2.72 bits per heavy atom. The fourth-order valence-electron chi connectivity index (χ4n) is 8.42. The lowest BCUT2D eigenvalue weighted by molar-refractivity contribution is -0.178. The predicted molar refractivity (Wildman–Crippen MR) is 138 cm³/mol. The summed E-state index contributed by atoms with van der Waals surface area (Å²) in [5, 5.41) is 24.2. The summed E-state index contributed by atoms with van der Waals surface area (Å²) in [7, 11) is 0. The summed E-state index contributed by atoms with van der Waals surface area (Å²) in [6.45, 7) is 4.25. The van der Waals surface area contributed by atoms with E-state index in [2.05, 4.69) is 16.9 Å². The smallest absolute Gasteiger partial charge is 0.175 e. The minimum atomic E-state index is -1.46. The normalized spacial score (nSPS) is 39.8. The van der Waals surface area contributed by atoms with Gasteiger partial charge in [-0.05, 0) is 79.9 Å². The van der Waals surface area contributed by atoms with E-state index < -0.39 is 17.1 Å². The van der Waals surface area contributed by atoms with Crippen LogP contribution in [0.1, 0.15) is 58.8 Å². The number of carbonyl (C=O) groups excluding carboxylic acids is 2. The molecule has 6 rings (SSSR count). The van der Waals surface area contributed by atoms with Gasteiger partial charge in [0.25, 0.3) is 0 Å². The van der Waals surface area contributed by atoms with E-state index in [-0.39, 0.29) is 40.5 Å². The van der Waals surface area contributed by atoms with Gasteiger partial charge in [-0.2, -0.15) is 0 Å². The van der Waals surface area contributed by atoms with Crippen molar-refractivity contribution in [2.45, 2.75) is 75.5 Å². The van der Waals surface area contributed by atoms with E-state index in [9.17, 15) is 19.8 Å². The number of aliphatic hydroxyl groups excluding tert-OH is 1. The first-order chi connectivity index (χ1) is 17.2. The minimum Gasteiger partial charge on any atom is -0.393 e. The SMILES string of the molecule is CC12CCC(=O)C=C1CCC1C2C(O)CC2(C)C1CC[C@]2(O)C(=O)CSc1cnc2ccccc2n1.